The highest BCUT2D eigenvalue weighted by molar-refractivity contribution is 8.00. The van der Waals surface area contributed by atoms with E-state index in [4.69, 9.17) is 0 Å². The molecule has 4 nitrogen and oxygen atoms in total. The fraction of sp³-hybridized carbons (Fsp3) is 0.500. The van der Waals surface area contributed by atoms with Gasteiger partial charge >= 0.3 is 0 Å². The van der Waals surface area contributed by atoms with Crippen LogP contribution in [0.2, 0.25) is 0 Å². The number of ketones is 1. The summed E-state index contributed by atoms with van der Waals surface area (Å²) in [6, 6.07) is 4.18. The van der Waals surface area contributed by atoms with E-state index in [2.05, 4.69) is 0 Å². The standard InChI is InChI=1S/C16H19F3N2O2S/c1-11(22)12-2-3-14(13(17)8-12)24-10-16(23)21-6-4-20(5-7-21)9-15(18)19/h2-3,8,15H,4-7,9-10H2,1H3. The van der Waals surface area contributed by atoms with Crippen molar-refractivity contribution in [2.24, 2.45) is 0 Å². The van der Waals surface area contributed by atoms with Gasteiger partial charge in [-0.3, -0.25) is 14.5 Å². The van der Waals surface area contributed by atoms with Crippen molar-refractivity contribution < 1.29 is 22.8 Å². The van der Waals surface area contributed by atoms with Crippen molar-refractivity contribution in [2.75, 3.05) is 38.5 Å². The van der Waals surface area contributed by atoms with E-state index in [9.17, 15) is 22.8 Å². The zero-order valence-electron chi connectivity index (χ0n) is 13.3. The maximum absolute atomic E-state index is 13.9. The maximum Gasteiger partial charge on any atom is 0.251 e. The number of amides is 1. The molecule has 132 valence electrons. The molecule has 1 aromatic carbocycles. The first kappa shape index (κ1) is 18.8. The molecule has 1 fully saturated rings. The number of carbonyl (C=O) groups excluding carboxylic acids is 2. The second-order valence-corrected chi connectivity index (χ2v) is 6.58. The molecule has 1 heterocycles. The van der Waals surface area contributed by atoms with E-state index in [1.54, 1.807) is 9.80 Å². The lowest BCUT2D eigenvalue weighted by atomic mass is 10.1. The monoisotopic (exact) mass is 360 g/mol. The van der Waals surface area contributed by atoms with Crippen LogP contribution in [0, 0.1) is 5.82 Å². The van der Waals surface area contributed by atoms with Crippen LogP contribution < -0.4 is 0 Å². The Morgan fingerprint density at radius 2 is 1.88 bits per heavy atom. The highest BCUT2D eigenvalue weighted by Gasteiger charge is 2.23. The molecule has 0 aromatic heterocycles. The summed E-state index contributed by atoms with van der Waals surface area (Å²) in [6.07, 6.45) is -2.37. The van der Waals surface area contributed by atoms with Gasteiger partial charge in [0.05, 0.1) is 12.3 Å². The number of halogens is 3. The van der Waals surface area contributed by atoms with Gasteiger partial charge in [0, 0.05) is 36.6 Å². The van der Waals surface area contributed by atoms with Crippen LogP contribution in [0.15, 0.2) is 23.1 Å². The van der Waals surface area contributed by atoms with Crippen LogP contribution in [-0.4, -0.2) is 66.4 Å². The van der Waals surface area contributed by atoms with Crippen molar-refractivity contribution in [3.63, 3.8) is 0 Å². The summed E-state index contributed by atoms with van der Waals surface area (Å²) in [7, 11) is 0. The second kappa shape index (κ2) is 8.53. The molecule has 8 heteroatoms. The average molecular weight is 360 g/mol. The van der Waals surface area contributed by atoms with Crippen LogP contribution in [0.5, 0.6) is 0 Å². The Labute approximate surface area is 143 Å². The summed E-state index contributed by atoms with van der Waals surface area (Å²) >= 11 is 1.07. The Kier molecular flexibility index (Phi) is 6.68. The number of hydrogen-bond acceptors (Lipinski definition) is 4. The fourth-order valence-electron chi connectivity index (χ4n) is 2.44. The molecule has 0 aliphatic carbocycles. The molecule has 0 atom stereocenters. The molecule has 0 saturated carbocycles. The van der Waals surface area contributed by atoms with Gasteiger partial charge in [-0.05, 0) is 19.1 Å². The van der Waals surface area contributed by atoms with E-state index in [1.165, 1.54) is 19.1 Å². The Balaban J connectivity index is 1.82. The molecule has 0 unspecified atom stereocenters. The highest BCUT2D eigenvalue weighted by atomic mass is 32.2. The zero-order chi connectivity index (χ0) is 17.7. The van der Waals surface area contributed by atoms with Crippen molar-refractivity contribution in [3.05, 3.63) is 29.6 Å². The lowest BCUT2D eigenvalue weighted by Crippen LogP contribution is -2.50. The third kappa shape index (κ3) is 5.24. The number of rotatable bonds is 6. The predicted octanol–water partition coefficient (Wildman–Crippen LogP) is 2.53. The van der Waals surface area contributed by atoms with Crippen molar-refractivity contribution in [1.29, 1.82) is 0 Å². The van der Waals surface area contributed by atoms with Gasteiger partial charge in [-0.15, -0.1) is 11.8 Å². The molecule has 1 aliphatic rings. The number of hydrogen-bond donors (Lipinski definition) is 0. The zero-order valence-corrected chi connectivity index (χ0v) is 14.1. The normalized spacial score (nSPS) is 15.8. The Morgan fingerprint density at radius 3 is 2.42 bits per heavy atom. The van der Waals surface area contributed by atoms with Gasteiger partial charge in [-0.1, -0.05) is 6.07 Å². The summed E-state index contributed by atoms with van der Waals surface area (Å²) in [5.41, 5.74) is 0.290. The first-order valence-corrected chi connectivity index (χ1v) is 8.57. The Bertz CT molecular complexity index is 605. The van der Waals surface area contributed by atoms with Crippen LogP contribution in [0.1, 0.15) is 17.3 Å². The number of alkyl halides is 2. The number of piperazine rings is 1. The van der Waals surface area contributed by atoms with Crippen LogP contribution in [0.25, 0.3) is 0 Å². The number of nitrogens with zero attached hydrogens (tertiary/aromatic N) is 2. The van der Waals surface area contributed by atoms with Gasteiger partial charge in [0.2, 0.25) is 5.91 Å². The molecule has 1 amide bonds. The fourth-order valence-corrected chi connectivity index (χ4v) is 3.27. The second-order valence-electron chi connectivity index (χ2n) is 5.56. The molecule has 1 saturated heterocycles. The van der Waals surface area contributed by atoms with E-state index < -0.39 is 12.2 Å². The quantitative estimate of drug-likeness (QED) is 0.577. The van der Waals surface area contributed by atoms with E-state index in [-0.39, 0.29) is 24.0 Å². The van der Waals surface area contributed by atoms with Gasteiger partial charge in [0.15, 0.2) is 5.78 Å². The lowest BCUT2D eigenvalue weighted by molar-refractivity contribution is -0.130. The molecule has 0 radical (unpaired) electrons. The van der Waals surface area contributed by atoms with Crippen LogP contribution in [0.3, 0.4) is 0 Å². The molecule has 1 aliphatic heterocycles. The van der Waals surface area contributed by atoms with Crippen molar-refractivity contribution in [1.82, 2.24) is 9.80 Å². The number of Topliss-reactive ketones (excluding diaryl/α,β-unsaturated/α-hetero) is 1. The molecule has 0 bridgehead atoms. The van der Waals surface area contributed by atoms with Crippen LogP contribution >= 0.6 is 11.8 Å². The molecule has 0 N–H and O–H groups in total. The van der Waals surface area contributed by atoms with Crippen molar-refractivity contribution in [2.45, 2.75) is 18.2 Å². The van der Waals surface area contributed by atoms with E-state index in [0.29, 0.717) is 36.6 Å². The minimum absolute atomic E-state index is 0.0746. The minimum atomic E-state index is -2.37. The smallest absolute Gasteiger partial charge is 0.251 e. The van der Waals surface area contributed by atoms with Crippen LogP contribution in [0.4, 0.5) is 13.2 Å². The summed E-state index contributed by atoms with van der Waals surface area (Å²) in [6.45, 7) is 2.73. The Hall–Kier alpha value is -1.54. The summed E-state index contributed by atoms with van der Waals surface area (Å²) in [4.78, 5) is 26.9. The van der Waals surface area contributed by atoms with Gasteiger partial charge in [-0.2, -0.15) is 0 Å². The predicted molar refractivity (Wildman–Crippen MR) is 86.2 cm³/mol. The average Bonchev–Trinajstić information content (AvgIpc) is 2.53. The third-order valence-corrected chi connectivity index (χ3v) is 4.84. The maximum atomic E-state index is 13.9. The summed E-state index contributed by atoms with van der Waals surface area (Å²) < 4.78 is 38.5. The minimum Gasteiger partial charge on any atom is -0.339 e. The molecule has 2 rings (SSSR count). The molecular weight excluding hydrogens is 341 g/mol. The summed E-state index contributed by atoms with van der Waals surface area (Å²) in [5.74, 6) is -0.817. The molecular formula is C16H19F3N2O2S. The van der Waals surface area contributed by atoms with Gasteiger partial charge < -0.3 is 4.90 Å². The third-order valence-electron chi connectivity index (χ3n) is 3.81. The number of carbonyl (C=O) groups is 2. The first-order chi connectivity index (χ1) is 11.4. The van der Waals surface area contributed by atoms with Gasteiger partial charge in [0.1, 0.15) is 5.82 Å². The van der Waals surface area contributed by atoms with E-state index in [1.807, 2.05) is 0 Å². The Morgan fingerprint density at radius 1 is 1.21 bits per heavy atom. The van der Waals surface area contributed by atoms with Crippen molar-refractivity contribution in [3.8, 4) is 0 Å². The van der Waals surface area contributed by atoms with Gasteiger partial charge in [-0.25, -0.2) is 13.2 Å². The van der Waals surface area contributed by atoms with E-state index >= 15 is 0 Å². The van der Waals surface area contributed by atoms with Gasteiger partial charge in [0.25, 0.3) is 6.43 Å². The van der Waals surface area contributed by atoms with E-state index in [0.717, 1.165) is 17.8 Å². The molecule has 24 heavy (non-hydrogen) atoms. The topological polar surface area (TPSA) is 40.6 Å². The van der Waals surface area contributed by atoms with Crippen LogP contribution in [-0.2, 0) is 4.79 Å². The number of benzene rings is 1. The molecule has 1 aromatic rings. The number of thioether (sulfide) groups is 1. The molecule has 0 spiro atoms. The lowest BCUT2D eigenvalue weighted by Gasteiger charge is -2.34. The summed E-state index contributed by atoms with van der Waals surface area (Å²) in [5, 5.41) is 0. The first-order valence-electron chi connectivity index (χ1n) is 7.58. The SMILES string of the molecule is CC(=O)c1ccc(SCC(=O)N2CCN(CC(F)F)CC2)c(F)c1. The largest absolute Gasteiger partial charge is 0.339 e. The van der Waals surface area contributed by atoms with Crippen molar-refractivity contribution >= 4 is 23.5 Å². The highest BCUT2D eigenvalue weighted by Crippen LogP contribution is 2.23.